The molecule has 2 rings (SSSR count). The summed E-state index contributed by atoms with van der Waals surface area (Å²) in [7, 11) is 0. The van der Waals surface area contributed by atoms with Gasteiger partial charge in [0.05, 0.1) is 6.61 Å². The summed E-state index contributed by atoms with van der Waals surface area (Å²) in [6.45, 7) is 5.57. The monoisotopic (exact) mass is 248 g/mol. The zero-order valence-corrected chi connectivity index (χ0v) is 10.8. The fraction of sp³-hybridized carbons (Fsp3) is 0.538. The van der Waals surface area contributed by atoms with Crippen LogP contribution in [0.25, 0.3) is 0 Å². The molecule has 2 N–H and O–H groups in total. The first-order valence-corrected chi connectivity index (χ1v) is 6.47. The zero-order chi connectivity index (χ0) is 12.6. The number of nitrogens with zero attached hydrogens (tertiary/aromatic N) is 2. The Morgan fingerprint density at radius 2 is 2.44 bits per heavy atom. The molecule has 2 heterocycles. The summed E-state index contributed by atoms with van der Waals surface area (Å²) in [4.78, 5) is 8.49. The molecule has 0 amide bonds. The summed E-state index contributed by atoms with van der Waals surface area (Å²) < 4.78 is 5.47. The van der Waals surface area contributed by atoms with Crippen molar-refractivity contribution in [3.63, 3.8) is 0 Å². The second-order valence-corrected chi connectivity index (χ2v) is 4.24. The summed E-state index contributed by atoms with van der Waals surface area (Å²) >= 11 is 0. The van der Waals surface area contributed by atoms with Crippen molar-refractivity contribution in [3.8, 4) is 5.88 Å². The lowest BCUT2D eigenvalue weighted by molar-refractivity contribution is 0.305. The fourth-order valence-electron chi connectivity index (χ4n) is 1.74. The van der Waals surface area contributed by atoms with Crippen LogP contribution in [0.5, 0.6) is 5.88 Å². The minimum absolute atomic E-state index is 0.628. The molecule has 0 unspecified atom stereocenters. The van der Waals surface area contributed by atoms with Gasteiger partial charge in [-0.15, -0.1) is 0 Å². The quantitative estimate of drug-likeness (QED) is 0.749. The van der Waals surface area contributed by atoms with Crippen LogP contribution in [0.4, 0.5) is 5.95 Å². The standard InChI is InChI=1S/C13H20N4O/c1-2-9-18-12-5-8-15-13(17-12)16-10-11-3-6-14-7-4-11/h3,5,8,14H,2,4,6-7,9-10H2,1H3,(H,15,16,17). The predicted molar refractivity (Wildman–Crippen MR) is 71.9 cm³/mol. The van der Waals surface area contributed by atoms with E-state index in [1.54, 1.807) is 12.3 Å². The van der Waals surface area contributed by atoms with Crippen molar-refractivity contribution in [2.45, 2.75) is 19.8 Å². The van der Waals surface area contributed by atoms with Crippen molar-refractivity contribution < 1.29 is 4.74 Å². The maximum atomic E-state index is 5.47. The number of rotatable bonds is 6. The van der Waals surface area contributed by atoms with E-state index in [1.165, 1.54) is 5.57 Å². The van der Waals surface area contributed by atoms with E-state index < -0.39 is 0 Å². The van der Waals surface area contributed by atoms with E-state index in [9.17, 15) is 0 Å². The average molecular weight is 248 g/mol. The van der Waals surface area contributed by atoms with E-state index in [4.69, 9.17) is 4.74 Å². The van der Waals surface area contributed by atoms with E-state index >= 15 is 0 Å². The van der Waals surface area contributed by atoms with Crippen molar-refractivity contribution >= 4 is 5.95 Å². The van der Waals surface area contributed by atoms with Crippen LogP contribution < -0.4 is 15.4 Å². The minimum Gasteiger partial charge on any atom is -0.478 e. The lowest BCUT2D eigenvalue weighted by Gasteiger charge is -2.14. The summed E-state index contributed by atoms with van der Waals surface area (Å²) in [6, 6.07) is 1.78. The lowest BCUT2D eigenvalue weighted by Crippen LogP contribution is -2.23. The van der Waals surface area contributed by atoms with Crippen LogP contribution in [0.2, 0.25) is 0 Å². The molecule has 1 aliphatic heterocycles. The Morgan fingerprint density at radius 3 is 3.22 bits per heavy atom. The largest absolute Gasteiger partial charge is 0.478 e. The van der Waals surface area contributed by atoms with Gasteiger partial charge in [0.2, 0.25) is 11.8 Å². The molecular weight excluding hydrogens is 228 g/mol. The first kappa shape index (κ1) is 12.8. The second kappa shape index (κ2) is 6.96. The molecule has 0 spiro atoms. The SMILES string of the molecule is CCCOc1ccnc(NCC2=CCNCC2)n1. The molecule has 0 saturated heterocycles. The van der Waals surface area contributed by atoms with E-state index in [0.717, 1.165) is 32.5 Å². The number of hydrogen-bond donors (Lipinski definition) is 2. The summed E-state index contributed by atoms with van der Waals surface area (Å²) in [5.41, 5.74) is 1.40. The van der Waals surface area contributed by atoms with Gasteiger partial charge < -0.3 is 15.4 Å². The number of aromatic nitrogens is 2. The molecule has 5 heteroatoms. The first-order chi connectivity index (χ1) is 8.88. The highest BCUT2D eigenvalue weighted by molar-refractivity contribution is 5.30. The predicted octanol–water partition coefficient (Wildman–Crippen LogP) is 1.60. The van der Waals surface area contributed by atoms with Crippen LogP contribution in [-0.2, 0) is 0 Å². The molecule has 1 aliphatic rings. The van der Waals surface area contributed by atoms with E-state index in [0.29, 0.717) is 18.4 Å². The van der Waals surface area contributed by atoms with E-state index in [1.807, 2.05) is 0 Å². The van der Waals surface area contributed by atoms with Crippen molar-refractivity contribution in [1.82, 2.24) is 15.3 Å². The molecule has 0 aromatic carbocycles. The van der Waals surface area contributed by atoms with Crippen molar-refractivity contribution in [1.29, 1.82) is 0 Å². The summed E-state index contributed by atoms with van der Waals surface area (Å²) in [5.74, 6) is 1.26. The Balaban J connectivity index is 1.86. The van der Waals surface area contributed by atoms with Crippen molar-refractivity contribution in [3.05, 3.63) is 23.9 Å². The third-order valence-electron chi connectivity index (χ3n) is 2.72. The van der Waals surface area contributed by atoms with Crippen LogP contribution in [0.1, 0.15) is 19.8 Å². The van der Waals surface area contributed by atoms with Crippen molar-refractivity contribution in [2.24, 2.45) is 0 Å². The fourth-order valence-corrected chi connectivity index (χ4v) is 1.74. The highest BCUT2D eigenvalue weighted by Gasteiger charge is 2.04. The summed E-state index contributed by atoms with van der Waals surface area (Å²) in [6.07, 6.45) is 6.00. The Bertz CT molecular complexity index is 406. The van der Waals surface area contributed by atoms with Gasteiger partial charge in [-0.2, -0.15) is 4.98 Å². The molecule has 0 bridgehead atoms. The molecule has 0 atom stereocenters. The van der Waals surface area contributed by atoms with Gasteiger partial charge in [0.15, 0.2) is 0 Å². The number of anilines is 1. The molecule has 1 aromatic rings. The molecule has 5 nitrogen and oxygen atoms in total. The van der Waals surface area contributed by atoms with Crippen LogP contribution in [0.15, 0.2) is 23.9 Å². The molecule has 98 valence electrons. The Hall–Kier alpha value is -1.62. The molecule has 0 aliphatic carbocycles. The van der Waals surface area contributed by atoms with Crippen LogP contribution >= 0.6 is 0 Å². The van der Waals surface area contributed by atoms with Gasteiger partial charge in [-0.05, 0) is 19.4 Å². The maximum Gasteiger partial charge on any atom is 0.226 e. The summed E-state index contributed by atoms with van der Waals surface area (Å²) in [5, 5.41) is 6.52. The maximum absolute atomic E-state index is 5.47. The second-order valence-electron chi connectivity index (χ2n) is 4.24. The Labute approximate surface area is 108 Å². The molecule has 18 heavy (non-hydrogen) atoms. The molecule has 0 fully saturated rings. The number of hydrogen-bond acceptors (Lipinski definition) is 5. The van der Waals surface area contributed by atoms with Gasteiger partial charge >= 0.3 is 0 Å². The van der Waals surface area contributed by atoms with Gasteiger partial charge in [-0.25, -0.2) is 4.98 Å². The smallest absolute Gasteiger partial charge is 0.226 e. The van der Waals surface area contributed by atoms with Crippen LogP contribution in [-0.4, -0.2) is 36.2 Å². The molecule has 0 saturated carbocycles. The van der Waals surface area contributed by atoms with Crippen molar-refractivity contribution in [2.75, 3.05) is 31.6 Å². The van der Waals surface area contributed by atoms with Gasteiger partial charge in [-0.3, -0.25) is 0 Å². The number of ether oxygens (including phenoxy) is 1. The first-order valence-electron chi connectivity index (χ1n) is 6.47. The van der Waals surface area contributed by atoms with Crippen LogP contribution in [0.3, 0.4) is 0 Å². The third kappa shape index (κ3) is 4.00. The topological polar surface area (TPSA) is 59.1 Å². The van der Waals surface area contributed by atoms with Gasteiger partial charge in [0.25, 0.3) is 0 Å². The highest BCUT2D eigenvalue weighted by atomic mass is 16.5. The van der Waals surface area contributed by atoms with Gasteiger partial charge in [0.1, 0.15) is 0 Å². The Morgan fingerprint density at radius 1 is 1.50 bits per heavy atom. The molecule has 0 radical (unpaired) electrons. The minimum atomic E-state index is 0.628. The zero-order valence-electron chi connectivity index (χ0n) is 10.8. The highest BCUT2D eigenvalue weighted by Crippen LogP contribution is 2.10. The molecular formula is C13H20N4O. The van der Waals surface area contributed by atoms with Crippen LogP contribution in [0, 0.1) is 0 Å². The van der Waals surface area contributed by atoms with E-state index in [-0.39, 0.29) is 0 Å². The third-order valence-corrected chi connectivity index (χ3v) is 2.72. The number of nitrogens with one attached hydrogen (secondary N) is 2. The van der Waals surface area contributed by atoms with E-state index in [2.05, 4.69) is 33.6 Å². The lowest BCUT2D eigenvalue weighted by atomic mass is 10.1. The molecule has 1 aromatic heterocycles. The Kier molecular flexibility index (Phi) is 4.96. The average Bonchev–Trinajstić information content (AvgIpc) is 2.44. The van der Waals surface area contributed by atoms with Gasteiger partial charge in [0, 0.05) is 25.4 Å². The van der Waals surface area contributed by atoms with Gasteiger partial charge in [-0.1, -0.05) is 18.6 Å². The normalized spacial score (nSPS) is 15.1.